The summed E-state index contributed by atoms with van der Waals surface area (Å²) in [4.78, 5) is 12.8. The molecule has 1 aliphatic rings. The minimum atomic E-state index is -0.694. The van der Waals surface area contributed by atoms with Crippen LogP contribution in [0.5, 0.6) is 0 Å². The van der Waals surface area contributed by atoms with Crippen LogP contribution in [0.15, 0.2) is 35.3 Å². The number of rotatable bonds is 3. The number of nitrogens with zero attached hydrogens (tertiary/aromatic N) is 4. The molecule has 0 spiro atoms. The summed E-state index contributed by atoms with van der Waals surface area (Å²) in [5, 5.41) is 8.28. The monoisotopic (exact) mass is 360 g/mol. The van der Waals surface area contributed by atoms with Crippen molar-refractivity contribution in [2.24, 2.45) is 0 Å². The maximum atomic E-state index is 14.6. The van der Waals surface area contributed by atoms with E-state index in [-0.39, 0.29) is 29.6 Å². The van der Waals surface area contributed by atoms with E-state index < -0.39 is 17.3 Å². The molecule has 26 heavy (non-hydrogen) atoms. The molecule has 2 atom stereocenters. The normalized spacial score (nSPS) is 20.6. The van der Waals surface area contributed by atoms with Crippen LogP contribution in [0.3, 0.4) is 0 Å². The van der Waals surface area contributed by atoms with Gasteiger partial charge in [-0.3, -0.25) is 4.79 Å². The summed E-state index contributed by atoms with van der Waals surface area (Å²) in [5.41, 5.74) is -0.133. The lowest BCUT2D eigenvalue weighted by Crippen LogP contribution is -2.33. The average Bonchev–Trinajstić information content (AvgIpc) is 2.94. The van der Waals surface area contributed by atoms with Crippen molar-refractivity contribution in [3.8, 4) is 0 Å². The summed E-state index contributed by atoms with van der Waals surface area (Å²) in [7, 11) is 0. The summed E-state index contributed by atoms with van der Waals surface area (Å²) < 4.78 is 36.3. The molecule has 136 valence electrons. The van der Waals surface area contributed by atoms with Gasteiger partial charge >= 0.3 is 0 Å². The Morgan fingerprint density at radius 2 is 2.12 bits per heavy atom. The minimum Gasteiger partial charge on any atom is -0.378 e. The number of halogens is 2. The van der Waals surface area contributed by atoms with Gasteiger partial charge in [0, 0.05) is 12.2 Å². The molecular formula is C18H18F2N4O2. The van der Waals surface area contributed by atoms with Crippen molar-refractivity contribution in [2.75, 3.05) is 6.61 Å². The van der Waals surface area contributed by atoms with Gasteiger partial charge in [0.15, 0.2) is 5.52 Å². The van der Waals surface area contributed by atoms with Gasteiger partial charge in [0.1, 0.15) is 5.82 Å². The third kappa shape index (κ3) is 2.90. The molecule has 0 amide bonds. The summed E-state index contributed by atoms with van der Waals surface area (Å²) in [6, 6.07) is 5.99. The molecule has 0 unspecified atom stereocenters. The van der Waals surface area contributed by atoms with Crippen molar-refractivity contribution in [3.63, 3.8) is 0 Å². The fraction of sp³-hybridized carbons (Fsp3) is 0.389. The first-order valence-electron chi connectivity index (χ1n) is 8.53. The van der Waals surface area contributed by atoms with Gasteiger partial charge in [0.2, 0.25) is 5.95 Å². The predicted octanol–water partition coefficient (Wildman–Crippen LogP) is 2.66. The lowest BCUT2D eigenvalue weighted by Gasteiger charge is -2.27. The van der Waals surface area contributed by atoms with E-state index >= 15 is 0 Å². The van der Waals surface area contributed by atoms with Crippen LogP contribution in [0.25, 0.3) is 10.9 Å². The van der Waals surface area contributed by atoms with Crippen molar-refractivity contribution < 1.29 is 13.5 Å². The molecule has 0 N–H and O–H groups in total. The first kappa shape index (κ1) is 16.8. The van der Waals surface area contributed by atoms with Crippen molar-refractivity contribution in [3.05, 3.63) is 58.1 Å². The Kier molecular flexibility index (Phi) is 4.28. The Hall–Kier alpha value is -2.61. The Labute approximate surface area is 148 Å². The Morgan fingerprint density at radius 1 is 1.31 bits per heavy atom. The zero-order valence-corrected chi connectivity index (χ0v) is 14.2. The summed E-state index contributed by atoms with van der Waals surface area (Å²) >= 11 is 0. The smallest absolute Gasteiger partial charge is 0.295 e. The van der Waals surface area contributed by atoms with E-state index in [1.54, 1.807) is 18.2 Å². The van der Waals surface area contributed by atoms with Crippen molar-refractivity contribution in [2.45, 2.75) is 38.5 Å². The van der Waals surface area contributed by atoms with E-state index in [2.05, 4.69) is 10.2 Å². The third-order valence-electron chi connectivity index (χ3n) is 4.73. The van der Waals surface area contributed by atoms with Gasteiger partial charge in [-0.15, -0.1) is 0 Å². The Bertz CT molecular complexity index is 1010. The highest BCUT2D eigenvalue weighted by Crippen LogP contribution is 2.24. The fourth-order valence-corrected chi connectivity index (χ4v) is 3.36. The van der Waals surface area contributed by atoms with Crippen LogP contribution in [-0.2, 0) is 11.3 Å². The minimum absolute atomic E-state index is 0.00739. The largest absolute Gasteiger partial charge is 0.378 e. The van der Waals surface area contributed by atoms with Crippen LogP contribution in [0.4, 0.5) is 8.78 Å². The van der Waals surface area contributed by atoms with Gasteiger partial charge < -0.3 is 4.74 Å². The first-order valence-corrected chi connectivity index (χ1v) is 8.53. The lowest BCUT2D eigenvalue weighted by molar-refractivity contribution is 0.00260. The van der Waals surface area contributed by atoms with E-state index in [1.165, 1.54) is 16.9 Å². The molecule has 1 fully saturated rings. The second-order valence-electron chi connectivity index (χ2n) is 6.56. The molecule has 0 bridgehead atoms. The number of fused-ring (bicyclic) bond motifs is 1. The van der Waals surface area contributed by atoms with Gasteiger partial charge in [-0.25, -0.2) is 13.8 Å². The number of ether oxygens (including phenoxy) is 1. The molecular weight excluding hydrogens is 342 g/mol. The topological polar surface area (TPSA) is 61.9 Å². The summed E-state index contributed by atoms with van der Waals surface area (Å²) in [5.74, 6) is -1.14. The molecule has 0 radical (unpaired) electrons. The van der Waals surface area contributed by atoms with Gasteiger partial charge in [0.05, 0.1) is 30.3 Å². The second-order valence-corrected chi connectivity index (χ2v) is 6.56. The molecule has 1 aromatic carbocycles. The highest BCUT2D eigenvalue weighted by atomic mass is 19.1. The van der Waals surface area contributed by atoms with E-state index in [4.69, 9.17) is 4.74 Å². The predicted molar refractivity (Wildman–Crippen MR) is 90.9 cm³/mol. The molecule has 0 saturated carbocycles. The molecule has 6 nitrogen and oxygen atoms in total. The average molecular weight is 360 g/mol. The maximum absolute atomic E-state index is 14.6. The second kappa shape index (κ2) is 6.60. The number of hydrogen-bond donors (Lipinski definition) is 0. The summed E-state index contributed by atoms with van der Waals surface area (Å²) in [6.07, 6.45) is 2.68. The molecule has 1 aliphatic heterocycles. The quantitative estimate of drug-likeness (QED) is 0.720. The first-order chi connectivity index (χ1) is 12.5. The van der Waals surface area contributed by atoms with Gasteiger partial charge in [-0.2, -0.15) is 14.6 Å². The lowest BCUT2D eigenvalue weighted by atomic mass is 10.0. The molecule has 0 aliphatic carbocycles. The number of hydrogen-bond acceptors (Lipinski definition) is 4. The molecule has 3 aromatic rings. The van der Waals surface area contributed by atoms with Crippen molar-refractivity contribution in [1.82, 2.24) is 19.6 Å². The van der Waals surface area contributed by atoms with Gasteiger partial charge in [0.25, 0.3) is 5.56 Å². The Morgan fingerprint density at radius 3 is 2.88 bits per heavy atom. The zero-order valence-electron chi connectivity index (χ0n) is 14.2. The maximum Gasteiger partial charge on any atom is 0.295 e. The standard InChI is InChI=1S/C18H18F2N4O2/c1-11-8-13(6-7-26-11)24-18(25)16-14(9-21-24)17(20)23(22-16)10-12-4-2-3-5-15(12)19/h2-5,9,11,13H,6-8,10H2,1H3/t11-,13-/m0/s1. The van der Waals surface area contributed by atoms with Crippen LogP contribution < -0.4 is 5.56 Å². The van der Waals surface area contributed by atoms with Crippen molar-refractivity contribution >= 4 is 10.9 Å². The highest BCUT2D eigenvalue weighted by molar-refractivity contribution is 5.76. The van der Waals surface area contributed by atoms with Crippen LogP contribution in [0.2, 0.25) is 0 Å². The van der Waals surface area contributed by atoms with E-state index in [9.17, 15) is 13.6 Å². The number of benzene rings is 1. The Balaban J connectivity index is 1.74. The third-order valence-corrected chi connectivity index (χ3v) is 4.73. The van der Waals surface area contributed by atoms with Gasteiger partial charge in [-0.05, 0) is 25.8 Å². The van der Waals surface area contributed by atoms with Crippen LogP contribution >= 0.6 is 0 Å². The molecule has 8 heteroatoms. The van der Waals surface area contributed by atoms with Crippen LogP contribution in [0.1, 0.15) is 31.4 Å². The van der Waals surface area contributed by atoms with Crippen molar-refractivity contribution in [1.29, 1.82) is 0 Å². The van der Waals surface area contributed by atoms with E-state index in [0.717, 1.165) is 4.68 Å². The van der Waals surface area contributed by atoms with E-state index in [1.807, 2.05) is 6.92 Å². The van der Waals surface area contributed by atoms with Crippen LogP contribution in [-0.4, -0.2) is 32.3 Å². The summed E-state index contributed by atoms with van der Waals surface area (Å²) in [6.45, 7) is 2.40. The van der Waals surface area contributed by atoms with Crippen LogP contribution in [0, 0.1) is 11.8 Å². The highest BCUT2D eigenvalue weighted by Gasteiger charge is 2.25. The molecule has 2 aromatic heterocycles. The molecule has 4 rings (SSSR count). The SMILES string of the molecule is C[C@H]1C[C@@H](n2ncc3c(F)n(Cc4ccccc4F)nc3c2=O)CCO1. The number of aromatic nitrogens is 4. The molecule has 3 heterocycles. The fourth-order valence-electron chi connectivity index (χ4n) is 3.36. The van der Waals surface area contributed by atoms with E-state index in [0.29, 0.717) is 25.0 Å². The molecule has 1 saturated heterocycles. The zero-order chi connectivity index (χ0) is 18.3. The van der Waals surface area contributed by atoms with Gasteiger partial charge in [-0.1, -0.05) is 18.2 Å².